The van der Waals surface area contributed by atoms with E-state index in [1.165, 1.54) is 12.0 Å². The second-order valence-electron chi connectivity index (χ2n) is 8.33. The Morgan fingerprint density at radius 3 is 2.66 bits per heavy atom. The molecule has 0 aromatic carbocycles. The van der Waals surface area contributed by atoms with Crippen molar-refractivity contribution in [1.82, 2.24) is 28.9 Å². The highest BCUT2D eigenvalue weighted by atomic mass is 19.3. The van der Waals surface area contributed by atoms with E-state index < -0.39 is 42.3 Å². The number of likely N-dealkylation sites (tertiary alicyclic amines) is 1. The van der Waals surface area contributed by atoms with Crippen molar-refractivity contribution in [2.45, 2.75) is 24.8 Å². The van der Waals surface area contributed by atoms with E-state index in [9.17, 15) is 22.0 Å². The number of nitrogens with one attached hydrogen (secondary N) is 1. The number of imidazole rings is 1. The topological polar surface area (TPSA) is 72.0 Å². The molecule has 0 aliphatic carbocycles. The molecule has 4 aromatic rings. The molecule has 14 heteroatoms. The number of rotatable bonds is 5. The summed E-state index contributed by atoms with van der Waals surface area (Å²) in [6, 6.07) is -0.313. The summed E-state index contributed by atoms with van der Waals surface area (Å²) in [7, 11) is 2.83. The molecule has 186 valence electrons. The van der Waals surface area contributed by atoms with Crippen LogP contribution in [0.3, 0.4) is 0 Å². The van der Waals surface area contributed by atoms with E-state index >= 15 is 4.39 Å². The molecule has 1 aliphatic rings. The average molecular weight is 499 g/mol. The van der Waals surface area contributed by atoms with Gasteiger partial charge < -0.3 is 15.0 Å². The first-order valence-corrected chi connectivity index (χ1v) is 10.5. The Morgan fingerprint density at radius 1 is 1.20 bits per heavy atom. The van der Waals surface area contributed by atoms with Crippen LogP contribution in [-0.2, 0) is 0 Å². The third kappa shape index (κ3) is 3.90. The summed E-state index contributed by atoms with van der Waals surface area (Å²) in [6.07, 6.45) is 0.0725. The van der Waals surface area contributed by atoms with Gasteiger partial charge in [-0.25, -0.2) is 35.8 Å². The summed E-state index contributed by atoms with van der Waals surface area (Å²) < 4.78 is 92.5. The third-order valence-electron chi connectivity index (χ3n) is 5.94. The van der Waals surface area contributed by atoms with Crippen molar-refractivity contribution < 1.29 is 31.1 Å². The van der Waals surface area contributed by atoms with Crippen molar-refractivity contribution in [2.24, 2.45) is 0 Å². The number of ether oxygens (including phenoxy) is 1. The Kier molecular flexibility index (Phi) is 5.49. The molecule has 1 N–H and O–H groups in total. The fourth-order valence-electron chi connectivity index (χ4n) is 4.30. The lowest BCUT2D eigenvalue weighted by Crippen LogP contribution is -2.53. The largest absolute Gasteiger partial charge is 0.479 e. The summed E-state index contributed by atoms with van der Waals surface area (Å²) in [5.41, 5.74) is -1.27. The number of aromatic nitrogens is 5. The molecule has 0 amide bonds. The summed E-state index contributed by atoms with van der Waals surface area (Å²) in [4.78, 5) is 9.26. The zero-order valence-electron chi connectivity index (χ0n) is 18.4. The van der Waals surface area contributed by atoms with Crippen molar-refractivity contribution in [3.63, 3.8) is 0 Å². The maximum absolute atomic E-state index is 15.1. The number of hydrogen-bond donors (Lipinski definition) is 1. The highest BCUT2D eigenvalue weighted by Gasteiger charge is 2.44. The van der Waals surface area contributed by atoms with Gasteiger partial charge in [0, 0.05) is 18.3 Å². The van der Waals surface area contributed by atoms with Crippen LogP contribution in [0, 0.1) is 11.6 Å². The van der Waals surface area contributed by atoms with Crippen LogP contribution in [0.15, 0.2) is 24.7 Å². The maximum atomic E-state index is 15.1. The molecule has 35 heavy (non-hydrogen) atoms. The van der Waals surface area contributed by atoms with Crippen LogP contribution in [0.25, 0.3) is 22.3 Å². The first-order chi connectivity index (χ1) is 16.6. The molecule has 0 bridgehead atoms. The van der Waals surface area contributed by atoms with Gasteiger partial charge in [-0.15, -0.1) is 5.10 Å². The summed E-state index contributed by atoms with van der Waals surface area (Å²) in [6.45, 7) is -0.0208. The average Bonchev–Trinajstić information content (AvgIpc) is 3.35. The lowest BCUT2D eigenvalue weighted by atomic mass is 10.0. The fraction of sp³-hybridized carbons (Fsp3) is 0.381. The minimum Gasteiger partial charge on any atom is -0.479 e. The molecule has 1 fully saturated rings. The quantitative estimate of drug-likeness (QED) is 0.419. The van der Waals surface area contributed by atoms with E-state index in [1.807, 2.05) is 0 Å². The standard InChI is InChI=1S/C21H19F6N7O/c1-32-4-3-14(21(26,27)9-32)29-20-30-19(35-2)16-15(12(23)8-34(16)31-20)10-5-11(22)18-28-6-13(17(24)25)33(18)7-10/h5-8,14,17H,3-4,9H2,1-2H3,(H,29,31). The molecule has 1 aliphatic heterocycles. The first kappa shape index (κ1) is 23.2. The number of nitrogens with zero attached hydrogens (tertiary/aromatic N) is 6. The molecule has 8 nitrogen and oxygen atoms in total. The van der Waals surface area contributed by atoms with Crippen molar-refractivity contribution in [3.8, 4) is 17.0 Å². The van der Waals surface area contributed by atoms with Crippen LogP contribution in [0.5, 0.6) is 5.88 Å². The van der Waals surface area contributed by atoms with Gasteiger partial charge in [-0.3, -0.25) is 4.40 Å². The van der Waals surface area contributed by atoms with Gasteiger partial charge in [0.25, 0.3) is 12.3 Å². The highest BCUT2D eigenvalue weighted by Crippen LogP contribution is 2.36. The highest BCUT2D eigenvalue weighted by molar-refractivity contribution is 5.85. The molecular formula is C21H19F6N7O. The summed E-state index contributed by atoms with van der Waals surface area (Å²) in [5.74, 6) is -5.29. The molecule has 5 rings (SSSR count). The van der Waals surface area contributed by atoms with Gasteiger partial charge in [0.2, 0.25) is 11.8 Å². The van der Waals surface area contributed by atoms with Gasteiger partial charge in [0.15, 0.2) is 17.3 Å². The molecule has 0 spiro atoms. The van der Waals surface area contributed by atoms with E-state index in [-0.39, 0.29) is 40.5 Å². The molecule has 5 heterocycles. The van der Waals surface area contributed by atoms with Crippen LogP contribution >= 0.6 is 0 Å². The summed E-state index contributed by atoms with van der Waals surface area (Å²) in [5, 5.41) is 6.68. The number of fused-ring (bicyclic) bond motifs is 2. The molecular weight excluding hydrogens is 480 g/mol. The normalized spacial score (nSPS) is 18.6. The Labute approximate surface area is 194 Å². The van der Waals surface area contributed by atoms with Gasteiger partial charge in [0.05, 0.1) is 37.7 Å². The van der Waals surface area contributed by atoms with Crippen LogP contribution in [0.2, 0.25) is 0 Å². The lowest BCUT2D eigenvalue weighted by Gasteiger charge is -2.36. The molecule has 1 atom stereocenters. The van der Waals surface area contributed by atoms with Crippen molar-refractivity contribution in [3.05, 3.63) is 42.0 Å². The Hall–Kier alpha value is -3.55. The number of alkyl halides is 4. The van der Waals surface area contributed by atoms with Gasteiger partial charge >= 0.3 is 0 Å². The predicted octanol–water partition coefficient (Wildman–Crippen LogP) is 4.02. The van der Waals surface area contributed by atoms with E-state index in [0.717, 1.165) is 33.6 Å². The Morgan fingerprint density at radius 2 is 1.97 bits per heavy atom. The molecule has 4 aromatic heterocycles. The van der Waals surface area contributed by atoms with E-state index in [2.05, 4.69) is 20.4 Å². The second-order valence-corrected chi connectivity index (χ2v) is 8.33. The zero-order chi connectivity index (χ0) is 25.1. The van der Waals surface area contributed by atoms with Crippen molar-refractivity contribution in [2.75, 3.05) is 32.6 Å². The van der Waals surface area contributed by atoms with Crippen LogP contribution in [0.1, 0.15) is 18.5 Å². The molecule has 0 saturated carbocycles. The predicted molar refractivity (Wildman–Crippen MR) is 113 cm³/mol. The van der Waals surface area contributed by atoms with Crippen molar-refractivity contribution in [1.29, 1.82) is 0 Å². The Balaban J connectivity index is 1.61. The van der Waals surface area contributed by atoms with Gasteiger partial charge in [-0.1, -0.05) is 0 Å². The first-order valence-electron chi connectivity index (χ1n) is 10.5. The van der Waals surface area contributed by atoms with E-state index in [1.54, 1.807) is 7.05 Å². The smallest absolute Gasteiger partial charge is 0.280 e. The number of piperidine rings is 1. The summed E-state index contributed by atoms with van der Waals surface area (Å²) >= 11 is 0. The molecule has 1 unspecified atom stereocenters. The minimum atomic E-state index is -3.06. The zero-order valence-corrected chi connectivity index (χ0v) is 18.4. The number of hydrogen-bond acceptors (Lipinski definition) is 6. The van der Waals surface area contributed by atoms with Crippen LogP contribution in [0.4, 0.5) is 32.3 Å². The fourth-order valence-corrected chi connectivity index (χ4v) is 4.30. The van der Waals surface area contributed by atoms with Crippen LogP contribution in [-0.4, -0.2) is 68.1 Å². The second kappa shape index (κ2) is 8.29. The van der Waals surface area contributed by atoms with Gasteiger partial charge in [-0.05, 0) is 19.5 Å². The van der Waals surface area contributed by atoms with Crippen molar-refractivity contribution >= 4 is 17.1 Å². The number of pyridine rings is 1. The third-order valence-corrected chi connectivity index (χ3v) is 5.94. The monoisotopic (exact) mass is 499 g/mol. The number of halogens is 6. The number of anilines is 1. The number of methoxy groups -OCH3 is 1. The SMILES string of the molecule is COc1nc(NC2CCN(C)CC2(F)F)nn2cc(F)c(-c3cc(F)c4ncc(C(F)F)n4c3)c12. The maximum Gasteiger partial charge on any atom is 0.280 e. The van der Waals surface area contributed by atoms with Gasteiger partial charge in [-0.2, -0.15) is 4.98 Å². The lowest BCUT2D eigenvalue weighted by molar-refractivity contribution is -0.0675. The molecule has 0 radical (unpaired) electrons. The Bertz CT molecular complexity index is 1420. The van der Waals surface area contributed by atoms with E-state index in [4.69, 9.17) is 4.74 Å². The minimum absolute atomic E-state index is 0.0388. The molecule has 1 saturated heterocycles. The van der Waals surface area contributed by atoms with Crippen LogP contribution < -0.4 is 10.1 Å². The van der Waals surface area contributed by atoms with E-state index in [0.29, 0.717) is 6.54 Å². The van der Waals surface area contributed by atoms with Gasteiger partial charge in [0.1, 0.15) is 11.2 Å².